The molecule has 0 aliphatic heterocycles. The van der Waals surface area contributed by atoms with E-state index in [2.05, 4.69) is 9.97 Å². The highest BCUT2D eigenvalue weighted by Crippen LogP contribution is 2.27. The number of pyridine rings is 2. The van der Waals surface area contributed by atoms with Gasteiger partial charge in [-0.2, -0.15) is 0 Å². The van der Waals surface area contributed by atoms with Gasteiger partial charge in [-0.05, 0) is 42.4 Å². The van der Waals surface area contributed by atoms with Crippen molar-refractivity contribution in [2.45, 2.75) is 17.0 Å². The van der Waals surface area contributed by atoms with Crippen molar-refractivity contribution in [1.82, 2.24) is 9.97 Å². The van der Waals surface area contributed by atoms with Crippen LogP contribution < -0.4 is 0 Å². The Kier molecular flexibility index (Phi) is 3.76. The fourth-order valence-corrected chi connectivity index (χ4v) is 2.15. The van der Waals surface area contributed by atoms with E-state index in [-0.39, 0.29) is 0 Å². The topological polar surface area (TPSA) is 42.9 Å². The van der Waals surface area contributed by atoms with Gasteiger partial charge in [0.2, 0.25) is 0 Å². The molecule has 0 N–H and O–H groups in total. The molecule has 0 aliphatic rings. The molecule has 0 spiro atoms. The maximum absolute atomic E-state index is 10.6. The molecule has 0 fully saturated rings. The Morgan fingerprint density at radius 3 is 2.71 bits per heavy atom. The normalized spacial score (nSPS) is 10.2. The molecule has 0 unspecified atom stereocenters. The lowest BCUT2D eigenvalue weighted by Gasteiger charge is -2.04. The SMILES string of the molecule is Cc1cc(C=O)cnc1Sc1ccc(Cl)cn1. The fraction of sp³-hybridized carbons (Fsp3) is 0.0833. The van der Waals surface area contributed by atoms with Gasteiger partial charge in [0, 0.05) is 18.0 Å². The van der Waals surface area contributed by atoms with Gasteiger partial charge in [-0.15, -0.1) is 0 Å². The summed E-state index contributed by atoms with van der Waals surface area (Å²) in [5.41, 5.74) is 1.53. The molecule has 2 aromatic rings. The maximum Gasteiger partial charge on any atom is 0.151 e. The molecule has 5 heteroatoms. The van der Waals surface area contributed by atoms with Crippen LogP contribution >= 0.6 is 23.4 Å². The van der Waals surface area contributed by atoms with E-state index in [1.165, 1.54) is 11.8 Å². The predicted octanol–water partition coefficient (Wildman–Crippen LogP) is 3.40. The minimum atomic E-state index is 0.580. The number of hydrogen-bond acceptors (Lipinski definition) is 4. The van der Waals surface area contributed by atoms with Crippen LogP contribution in [0.4, 0.5) is 0 Å². The number of nitrogens with zero attached hydrogens (tertiary/aromatic N) is 2. The van der Waals surface area contributed by atoms with Gasteiger partial charge >= 0.3 is 0 Å². The van der Waals surface area contributed by atoms with Crippen molar-refractivity contribution in [1.29, 1.82) is 0 Å². The summed E-state index contributed by atoms with van der Waals surface area (Å²) in [6.07, 6.45) is 3.94. The van der Waals surface area contributed by atoms with Gasteiger partial charge in [-0.25, -0.2) is 9.97 Å². The molecule has 0 amide bonds. The fourth-order valence-electron chi connectivity index (χ4n) is 1.28. The number of carbonyl (C=O) groups excluding carboxylic acids is 1. The van der Waals surface area contributed by atoms with Gasteiger partial charge < -0.3 is 0 Å². The molecule has 2 rings (SSSR count). The van der Waals surface area contributed by atoms with Crippen molar-refractivity contribution < 1.29 is 4.79 Å². The van der Waals surface area contributed by atoms with E-state index in [0.29, 0.717) is 10.6 Å². The summed E-state index contributed by atoms with van der Waals surface area (Å²) in [7, 11) is 0. The molecule has 17 heavy (non-hydrogen) atoms. The van der Waals surface area contributed by atoms with Crippen molar-refractivity contribution in [2.75, 3.05) is 0 Å². The first-order valence-electron chi connectivity index (χ1n) is 4.90. The Morgan fingerprint density at radius 2 is 2.12 bits per heavy atom. The number of aryl methyl sites for hydroxylation is 1. The highest BCUT2D eigenvalue weighted by molar-refractivity contribution is 7.99. The molecule has 2 aromatic heterocycles. The Balaban J connectivity index is 2.24. The lowest BCUT2D eigenvalue weighted by atomic mass is 10.2. The summed E-state index contributed by atoms with van der Waals surface area (Å²) in [5, 5.41) is 2.27. The Labute approximate surface area is 108 Å². The van der Waals surface area contributed by atoms with E-state index >= 15 is 0 Å². The Bertz CT molecular complexity index is 543. The molecule has 0 aromatic carbocycles. The van der Waals surface area contributed by atoms with Crippen LogP contribution in [0.1, 0.15) is 15.9 Å². The van der Waals surface area contributed by atoms with Crippen molar-refractivity contribution in [3.63, 3.8) is 0 Å². The molecule has 0 saturated heterocycles. The Hall–Kier alpha value is -1.39. The standard InChI is InChI=1S/C12H9ClN2OS/c1-8-4-9(7-16)5-15-12(8)17-11-3-2-10(13)6-14-11/h2-7H,1H3. The van der Waals surface area contributed by atoms with Crippen molar-refractivity contribution in [3.05, 3.63) is 46.7 Å². The molecule has 3 nitrogen and oxygen atoms in total. The number of aldehydes is 1. The average molecular weight is 265 g/mol. The summed E-state index contributed by atoms with van der Waals surface area (Å²) in [6.45, 7) is 1.91. The van der Waals surface area contributed by atoms with Crippen LogP contribution in [0.2, 0.25) is 5.02 Å². The minimum Gasteiger partial charge on any atom is -0.298 e. The second-order valence-electron chi connectivity index (χ2n) is 3.43. The van der Waals surface area contributed by atoms with Crippen LogP contribution in [-0.2, 0) is 0 Å². The van der Waals surface area contributed by atoms with Gasteiger partial charge in [-0.3, -0.25) is 4.79 Å². The summed E-state index contributed by atoms with van der Waals surface area (Å²) >= 11 is 7.20. The van der Waals surface area contributed by atoms with Crippen molar-refractivity contribution >= 4 is 29.6 Å². The summed E-state index contributed by atoms with van der Waals surface area (Å²) in [5.74, 6) is 0. The van der Waals surface area contributed by atoms with Crippen LogP contribution in [0.15, 0.2) is 40.6 Å². The lowest BCUT2D eigenvalue weighted by molar-refractivity contribution is 0.112. The third kappa shape index (κ3) is 3.05. The first-order chi connectivity index (χ1) is 8.19. The van der Waals surface area contributed by atoms with E-state index < -0.39 is 0 Å². The third-order valence-electron chi connectivity index (χ3n) is 2.09. The molecule has 0 radical (unpaired) electrons. The van der Waals surface area contributed by atoms with E-state index in [1.807, 2.05) is 13.0 Å². The van der Waals surface area contributed by atoms with E-state index in [4.69, 9.17) is 11.6 Å². The maximum atomic E-state index is 10.6. The van der Waals surface area contributed by atoms with Crippen molar-refractivity contribution in [2.24, 2.45) is 0 Å². The van der Waals surface area contributed by atoms with Gasteiger partial charge in [-0.1, -0.05) is 11.6 Å². The van der Waals surface area contributed by atoms with E-state index in [0.717, 1.165) is 21.9 Å². The van der Waals surface area contributed by atoms with E-state index in [9.17, 15) is 4.79 Å². The smallest absolute Gasteiger partial charge is 0.151 e. The number of hydrogen-bond donors (Lipinski definition) is 0. The molecular weight excluding hydrogens is 256 g/mol. The summed E-state index contributed by atoms with van der Waals surface area (Å²) in [6, 6.07) is 5.42. The second kappa shape index (κ2) is 5.29. The highest BCUT2D eigenvalue weighted by Gasteiger charge is 2.05. The van der Waals surface area contributed by atoms with Gasteiger partial charge in [0.15, 0.2) is 6.29 Å². The third-order valence-corrected chi connectivity index (χ3v) is 3.38. The van der Waals surface area contributed by atoms with Crippen molar-refractivity contribution in [3.8, 4) is 0 Å². The largest absolute Gasteiger partial charge is 0.298 e. The predicted molar refractivity (Wildman–Crippen MR) is 67.7 cm³/mol. The molecule has 0 saturated carbocycles. The number of aromatic nitrogens is 2. The molecule has 0 atom stereocenters. The zero-order chi connectivity index (χ0) is 12.3. The van der Waals surface area contributed by atoms with Crippen LogP contribution in [-0.4, -0.2) is 16.3 Å². The van der Waals surface area contributed by atoms with Gasteiger partial charge in [0.05, 0.1) is 5.02 Å². The van der Waals surface area contributed by atoms with E-state index in [1.54, 1.807) is 24.5 Å². The molecule has 2 heterocycles. The quantitative estimate of drug-likeness (QED) is 0.797. The average Bonchev–Trinajstić information content (AvgIpc) is 2.34. The lowest BCUT2D eigenvalue weighted by Crippen LogP contribution is -1.90. The van der Waals surface area contributed by atoms with Gasteiger partial charge in [0.25, 0.3) is 0 Å². The minimum absolute atomic E-state index is 0.580. The number of rotatable bonds is 3. The zero-order valence-corrected chi connectivity index (χ0v) is 10.6. The first-order valence-corrected chi connectivity index (χ1v) is 6.10. The van der Waals surface area contributed by atoms with Crippen LogP contribution in [0, 0.1) is 6.92 Å². The van der Waals surface area contributed by atoms with Gasteiger partial charge in [0.1, 0.15) is 10.1 Å². The zero-order valence-electron chi connectivity index (χ0n) is 9.05. The Morgan fingerprint density at radius 1 is 1.29 bits per heavy atom. The van der Waals surface area contributed by atoms with Crippen LogP contribution in [0.5, 0.6) is 0 Å². The molecule has 0 bridgehead atoms. The van der Waals surface area contributed by atoms with Crippen LogP contribution in [0.25, 0.3) is 0 Å². The van der Waals surface area contributed by atoms with Crippen LogP contribution in [0.3, 0.4) is 0 Å². The number of carbonyl (C=O) groups is 1. The second-order valence-corrected chi connectivity index (χ2v) is 4.87. The number of halogens is 1. The molecule has 86 valence electrons. The highest BCUT2D eigenvalue weighted by atomic mass is 35.5. The summed E-state index contributed by atoms with van der Waals surface area (Å²) in [4.78, 5) is 19.0. The monoisotopic (exact) mass is 264 g/mol. The summed E-state index contributed by atoms with van der Waals surface area (Å²) < 4.78 is 0. The molecular formula is C12H9ClN2OS. The molecule has 0 aliphatic carbocycles. The first kappa shape index (κ1) is 12.1.